The lowest BCUT2D eigenvalue weighted by Gasteiger charge is -2.09. The van der Waals surface area contributed by atoms with Crippen molar-refractivity contribution in [1.82, 2.24) is 20.2 Å². The Morgan fingerprint density at radius 3 is 2.69 bits per heavy atom. The molecule has 2 heterocycles. The molecular weight excluding hydrogens is 332 g/mol. The van der Waals surface area contributed by atoms with E-state index in [0.29, 0.717) is 5.69 Å². The highest BCUT2D eigenvalue weighted by Gasteiger charge is 2.12. The highest BCUT2D eigenvalue weighted by molar-refractivity contribution is 6.06. The SMILES string of the molecule is CN(C)C(=O)c1ccc(C(=O)NC(N)=Nc2ccc3cc[nH]c3c2)cn1. The minimum absolute atomic E-state index is 0.0330. The molecule has 0 aliphatic heterocycles. The van der Waals surface area contributed by atoms with Gasteiger partial charge in [-0.3, -0.25) is 19.9 Å². The molecule has 0 spiro atoms. The van der Waals surface area contributed by atoms with Crippen LogP contribution in [0.1, 0.15) is 20.8 Å². The number of aliphatic imine (C=N–C) groups is 1. The molecule has 26 heavy (non-hydrogen) atoms. The Morgan fingerprint density at radius 1 is 1.19 bits per heavy atom. The van der Waals surface area contributed by atoms with Gasteiger partial charge in [-0.2, -0.15) is 0 Å². The predicted octanol–water partition coefficient (Wildman–Crippen LogP) is 1.64. The van der Waals surface area contributed by atoms with Gasteiger partial charge in [-0.1, -0.05) is 6.07 Å². The maximum atomic E-state index is 12.2. The summed E-state index contributed by atoms with van der Waals surface area (Å²) in [5.74, 6) is -0.726. The Bertz CT molecular complexity index is 988. The Balaban J connectivity index is 1.71. The smallest absolute Gasteiger partial charge is 0.271 e. The first kappa shape index (κ1) is 17.2. The van der Waals surface area contributed by atoms with Gasteiger partial charge in [0.05, 0.1) is 11.3 Å². The highest BCUT2D eigenvalue weighted by Crippen LogP contribution is 2.19. The number of hydrogen-bond donors (Lipinski definition) is 3. The predicted molar refractivity (Wildman–Crippen MR) is 99.3 cm³/mol. The van der Waals surface area contributed by atoms with E-state index < -0.39 is 5.91 Å². The third kappa shape index (κ3) is 3.69. The third-order valence-corrected chi connectivity index (χ3v) is 3.68. The molecule has 8 nitrogen and oxygen atoms in total. The number of H-pyrrole nitrogens is 1. The van der Waals surface area contributed by atoms with Crippen LogP contribution in [-0.2, 0) is 0 Å². The number of carbonyl (C=O) groups excluding carboxylic acids is 2. The molecule has 0 atom stereocenters. The van der Waals surface area contributed by atoms with Gasteiger partial charge in [-0.05, 0) is 35.7 Å². The van der Waals surface area contributed by atoms with Crippen molar-refractivity contribution in [1.29, 1.82) is 0 Å². The number of nitrogens with two attached hydrogens (primary N) is 1. The first-order chi connectivity index (χ1) is 12.4. The monoisotopic (exact) mass is 350 g/mol. The summed E-state index contributed by atoms with van der Waals surface area (Å²) in [7, 11) is 3.26. The van der Waals surface area contributed by atoms with E-state index in [1.165, 1.54) is 23.2 Å². The molecule has 132 valence electrons. The summed E-state index contributed by atoms with van der Waals surface area (Å²) in [5.41, 5.74) is 7.88. The summed E-state index contributed by atoms with van der Waals surface area (Å²) in [5, 5.41) is 3.56. The number of aromatic amines is 1. The van der Waals surface area contributed by atoms with Crippen LogP contribution in [0.2, 0.25) is 0 Å². The molecule has 0 bridgehead atoms. The third-order valence-electron chi connectivity index (χ3n) is 3.68. The summed E-state index contributed by atoms with van der Waals surface area (Å²) in [6.45, 7) is 0. The Labute approximate surface area is 149 Å². The van der Waals surface area contributed by atoms with Crippen LogP contribution < -0.4 is 11.1 Å². The van der Waals surface area contributed by atoms with E-state index in [0.717, 1.165) is 10.9 Å². The van der Waals surface area contributed by atoms with E-state index >= 15 is 0 Å². The van der Waals surface area contributed by atoms with Crippen molar-refractivity contribution in [3.63, 3.8) is 0 Å². The van der Waals surface area contributed by atoms with Crippen LogP contribution in [-0.4, -0.2) is 46.7 Å². The normalized spacial score (nSPS) is 11.4. The lowest BCUT2D eigenvalue weighted by atomic mass is 10.2. The lowest BCUT2D eigenvalue weighted by Crippen LogP contribution is -2.36. The van der Waals surface area contributed by atoms with Gasteiger partial charge < -0.3 is 15.6 Å². The number of aromatic nitrogens is 2. The first-order valence-electron chi connectivity index (χ1n) is 7.84. The second-order valence-corrected chi connectivity index (χ2v) is 5.83. The number of benzene rings is 1. The second kappa shape index (κ2) is 7.06. The van der Waals surface area contributed by atoms with E-state index in [1.54, 1.807) is 20.2 Å². The second-order valence-electron chi connectivity index (χ2n) is 5.83. The van der Waals surface area contributed by atoms with Gasteiger partial charge in [0, 0.05) is 32.0 Å². The van der Waals surface area contributed by atoms with E-state index in [2.05, 4.69) is 20.3 Å². The van der Waals surface area contributed by atoms with Gasteiger partial charge in [-0.15, -0.1) is 0 Å². The van der Waals surface area contributed by atoms with Crippen LogP contribution in [0.4, 0.5) is 5.69 Å². The summed E-state index contributed by atoms with van der Waals surface area (Å²) < 4.78 is 0. The van der Waals surface area contributed by atoms with Crippen molar-refractivity contribution in [2.45, 2.75) is 0 Å². The number of guanidine groups is 1. The zero-order valence-corrected chi connectivity index (χ0v) is 14.4. The molecule has 3 rings (SSSR count). The largest absolute Gasteiger partial charge is 0.369 e. The van der Waals surface area contributed by atoms with E-state index in [4.69, 9.17) is 5.73 Å². The van der Waals surface area contributed by atoms with Crippen molar-refractivity contribution < 1.29 is 9.59 Å². The topological polar surface area (TPSA) is 116 Å². The Morgan fingerprint density at radius 2 is 2.00 bits per heavy atom. The fraction of sp³-hybridized carbons (Fsp3) is 0.111. The van der Waals surface area contributed by atoms with Gasteiger partial charge in [0.1, 0.15) is 5.69 Å². The van der Waals surface area contributed by atoms with Gasteiger partial charge in [0.25, 0.3) is 11.8 Å². The van der Waals surface area contributed by atoms with E-state index in [1.807, 2.05) is 24.4 Å². The van der Waals surface area contributed by atoms with Crippen LogP contribution in [0.15, 0.2) is 53.8 Å². The van der Waals surface area contributed by atoms with Gasteiger partial charge >= 0.3 is 0 Å². The van der Waals surface area contributed by atoms with Gasteiger partial charge in [0.2, 0.25) is 5.96 Å². The van der Waals surface area contributed by atoms with Crippen LogP contribution in [0.3, 0.4) is 0 Å². The number of pyridine rings is 1. The lowest BCUT2D eigenvalue weighted by molar-refractivity contribution is 0.0821. The van der Waals surface area contributed by atoms with Crippen LogP contribution in [0.25, 0.3) is 10.9 Å². The maximum Gasteiger partial charge on any atom is 0.271 e. The molecule has 4 N–H and O–H groups in total. The molecule has 0 aliphatic rings. The Kier molecular flexibility index (Phi) is 4.66. The van der Waals surface area contributed by atoms with Crippen molar-refractivity contribution >= 4 is 34.4 Å². The fourth-order valence-corrected chi connectivity index (χ4v) is 2.34. The summed E-state index contributed by atoms with van der Waals surface area (Å²) in [4.78, 5) is 36.7. The molecule has 0 unspecified atom stereocenters. The van der Waals surface area contributed by atoms with Crippen LogP contribution in [0.5, 0.6) is 0 Å². The molecule has 3 aromatic rings. The number of fused-ring (bicyclic) bond motifs is 1. The van der Waals surface area contributed by atoms with E-state index in [9.17, 15) is 9.59 Å². The number of nitrogens with one attached hydrogen (secondary N) is 2. The van der Waals surface area contributed by atoms with Crippen molar-refractivity contribution in [2.24, 2.45) is 10.7 Å². The molecule has 1 aromatic carbocycles. The number of hydrogen-bond acceptors (Lipinski definition) is 4. The van der Waals surface area contributed by atoms with Crippen LogP contribution in [0, 0.1) is 0 Å². The fourth-order valence-electron chi connectivity index (χ4n) is 2.34. The number of amides is 2. The quantitative estimate of drug-likeness (QED) is 0.492. The average Bonchev–Trinajstić information content (AvgIpc) is 3.08. The molecule has 0 aliphatic carbocycles. The van der Waals surface area contributed by atoms with E-state index in [-0.39, 0.29) is 23.1 Å². The molecule has 0 fully saturated rings. The van der Waals surface area contributed by atoms with Gasteiger partial charge in [-0.25, -0.2) is 4.99 Å². The van der Waals surface area contributed by atoms with Crippen molar-refractivity contribution in [2.75, 3.05) is 14.1 Å². The van der Waals surface area contributed by atoms with Crippen LogP contribution >= 0.6 is 0 Å². The minimum atomic E-state index is -0.455. The minimum Gasteiger partial charge on any atom is -0.369 e. The Hall–Kier alpha value is -3.68. The summed E-state index contributed by atoms with van der Waals surface area (Å²) in [6.07, 6.45) is 3.16. The maximum absolute atomic E-state index is 12.2. The number of nitrogens with zero attached hydrogens (tertiary/aromatic N) is 3. The molecular formula is C18H18N6O2. The number of rotatable bonds is 3. The molecule has 0 radical (unpaired) electrons. The molecule has 2 amide bonds. The molecule has 2 aromatic heterocycles. The van der Waals surface area contributed by atoms with Crippen molar-refractivity contribution in [3.8, 4) is 0 Å². The standard InChI is InChI=1S/C18H18N6O2/c1-24(2)17(26)14-6-4-12(10-21-14)16(25)23-18(19)22-13-5-3-11-7-8-20-15(11)9-13/h3-10,20H,1-2H3,(H3,19,22,23,25). The molecule has 0 saturated carbocycles. The number of carbonyl (C=O) groups is 2. The summed E-state index contributed by atoms with van der Waals surface area (Å²) in [6, 6.07) is 10.5. The van der Waals surface area contributed by atoms with Crippen molar-refractivity contribution in [3.05, 3.63) is 60.0 Å². The zero-order valence-electron chi connectivity index (χ0n) is 14.4. The summed E-state index contributed by atoms with van der Waals surface area (Å²) >= 11 is 0. The highest BCUT2D eigenvalue weighted by atomic mass is 16.2. The van der Waals surface area contributed by atoms with Gasteiger partial charge in [0.15, 0.2) is 0 Å². The zero-order chi connectivity index (χ0) is 18.7. The molecule has 8 heteroatoms. The average molecular weight is 350 g/mol. The molecule has 0 saturated heterocycles. The first-order valence-corrected chi connectivity index (χ1v) is 7.84.